The van der Waals surface area contributed by atoms with Gasteiger partial charge in [0.15, 0.2) is 0 Å². The summed E-state index contributed by atoms with van der Waals surface area (Å²) in [6, 6.07) is 5.20. The van der Waals surface area contributed by atoms with Crippen molar-refractivity contribution in [2.45, 2.75) is 5.51 Å². The predicted octanol–water partition coefficient (Wildman–Crippen LogP) is 2.76. The molecule has 0 radical (unpaired) electrons. The van der Waals surface area contributed by atoms with E-state index in [1.165, 1.54) is 6.07 Å². The Morgan fingerprint density at radius 2 is 1.84 bits per heavy atom. The number of methoxy groups -OCH3 is 1. The van der Waals surface area contributed by atoms with Gasteiger partial charge < -0.3 is 8.92 Å². The fourth-order valence-electron chi connectivity index (χ4n) is 1.96. The number of nitro benzene ring substituents is 1. The molecule has 2 aromatic rings. The molecule has 0 aromatic heterocycles. The van der Waals surface area contributed by atoms with Crippen LogP contribution in [0.5, 0.6) is 5.75 Å². The molecule has 0 aliphatic carbocycles. The molecule has 25 heavy (non-hydrogen) atoms. The third kappa shape index (κ3) is 3.47. The van der Waals surface area contributed by atoms with Crippen LogP contribution >= 0.6 is 0 Å². The number of hydrogen-bond acceptors (Lipinski definition) is 7. The fraction of sp³-hybridized carbons (Fsp3) is 0.154. The normalized spacial score (nSPS) is 12.0. The highest BCUT2D eigenvalue weighted by molar-refractivity contribution is 7.88. The van der Waals surface area contributed by atoms with Gasteiger partial charge in [0.2, 0.25) is 5.75 Å². The Hall–Kier alpha value is -2.89. The summed E-state index contributed by atoms with van der Waals surface area (Å²) >= 11 is 0. The highest BCUT2D eigenvalue weighted by atomic mass is 32.2. The Bertz CT molecular complexity index is 969. The van der Waals surface area contributed by atoms with Crippen molar-refractivity contribution >= 4 is 32.5 Å². The van der Waals surface area contributed by atoms with E-state index < -0.39 is 38.0 Å². The molecular weight excluding hydrogens is 371 g/mol. The van der Waals surface area contributed by atoms with Crippen LogP contribution in [0.25, 0.3) is 10.8 Å². The summed E-state index contributed by atoms with van der Waals surface area (Å²) in [6.07, 6.45) is 0. The molecule has 8 nitrogen and oxygen atoms in total. The summed E-state index contributed by atoms with van der Waals surface area (Å²) in [6.45, 7) is 0. The molecule has 2 rings (SSSR count). The van der Waals surface area contributed by atoms with Crippen molar-refractivity contribution in [3.05, 3.63) is 46.0 Å². The van der Waals surface area contributed by atoms with E-state index in [9.17, 15) is 36.5 Å². The largest absolute Gasteiger partial charge is 0.534 e. The van der Waals surface area contributed by atoms with Crippen molar-refractivity contribution in [3.8, 4) is 5.75 Å². The molecule has 0 saturated carbocycles. The second kappa shape index (κ2) is 6.20. The lowest BCUT2D eigenvalue weighted by Crippen LogP contribution is -2.28. The Morgan fingerprint density at radius 3 is 2.36 bits per heavy atom. The standard InChI is InChI=1S/C13H8F3NO7S/c1-23-12(18)8-2-4-9-7(6-8)3-5-10(11(9)17(19)20)24-25(21,22)13(14,15)16/h2-6H,1H3. The maximum absolute atomic E-state index is 12.4. The number of carbonyl (C=O) groups excluding carboxylic acids is 1. The zero-order chi connectivity index (χ0) is 19.0. The lowest BCUT2D eigenvalue weighted by molar-refractivity contribution is -0.383. The predicted molar refractivity (Wildman–Crippen MR) is 77.5 cm³/mol. The first kappa shape index (κ1) is 18.4. The average Bonchev–Trinajstić information content (AvgIpc) is 2.51. The summed E-state index contributed by atoms with van der Waals surface area (Å²) in [5.41, 5.74) is -6.69. The van der Waals surface area contributed by atoms with Crippen molar-refractivity contribution in [2.24, 2.45) is 0 Å². The van der Waals surface area contributed by atoms with E-state index in [2.05, 4.69) is 8.92 Å². The number of hydrogen-bond donors (Lipinski definition) is 0. The number of halogens is 3. The van der Waals surface area contributed by atoms with E-state index in [1.54, 1.807) is 0 Å². The molecule has 0 heterocycles. The van der Waals surface area contributed by atoms with Crippen LogP contribution in [0.15, 0.2) is 30.3 Å². The van der Waals surface area contributed by atoms with Crippen LogP contribution in [0.1, 0.15) is 10.4 Å². The van der Waals surface area contributed by atoms with E-state index in [0.717, 1.165) is 25.3 Å². The van der Waals surface area contributed by atoms with E-state index >= 15 is 0 Å². The van der Waals surface area contributed by atoms with Crippen molar-refractivity contribution in [3.63, 3.8) is 0 Å². The number of fused-ring (bicyclic) bond motifs is 1. The molecule has 12 heteroatoms. The Labute approximate surface area is 138 Å². The lowest BCUT2D eigenvalue weighted by Gasteiger charge is -2.11. The van der Waals surface area contributed by atoms with E-state index in [-0.39, 0.29) is 16.3 Å². The first-order chi connectivity index (χ1) is 11.5. The Kier molecular flexibility index (Phi) is 4.57. The lowest BCUT2D eigenvalue weighted by atomic mass is 10.0. The van der Waals surface area contributed by atoms with E-state index in [1.807, 2.05) is 0 Å². The number of rotatable bonds is 4. The second-order valence-electron chi connectivity index (χ2n) is 4.58. The minimum Gasteiger partial charge on any atom is -0.465 e. The molecule has 0 unspecified atom stereocenters. The fourth-order valence-corrected chi connectivity index (χ4v) is 2.42. The van der Waals surface area contributed by atoms with Gasteiger partial charge in [-0.15, -0.1) is 0 Å². The van der Waals surface area contributed by atoms with E-state index in [0.29, 0.717) is 6.07 Å². The van der Waals surface area contributed by atoms with E-state index in [4.69, 9.17) is 0 Å². The number of ether oxygens (including phenoxy) is 1. The van der Waals surface area contributed by atoms with Crippen molar-refractivity contribution in [1.82, 2.24) is 0 Å². The quantitative estimate of drug-likeness (QED) is 0.264. The Balaban J connectivity index is 2.66. The molecule has 2 aromatic carbocycles. The first-order valence-electron chi connectivity index (χ1n) is 6.28. The molecule has 0 N–H and O–H groups in total. The van der Waals surface area contributed by atoms with Gasteiger partial charge in [0.05, 0.1) is 23.0 Å². The van der Waals surface area contributed by atoms with Gasteiger partial charge in [-0.25, -0.2) is 4.79 Å². The number of carbonyl (C=O) groups is 1. The molecule has 134 valence electrons. The maximum atomic E-state index is 12.4. The van der Waals surface area contributed by atoms with Gasteiger partial charge in [0, 0.05) is 0 Å². The van der Waals surface area contributed by atoms with Crippen molar-refractivity contribution in [2.75, 3.05) is 7.11 Å². The van der Waals surface area contributed by atoms with Gasteiger partial charge in [0.25, 0.3) is 0 Å². The molecule has 0 saturated heterocycles. The molecule has 0 spiro atoms. The number of benzene rings is 2. The van der Waals surface area contributed by atoms with Crippen LogP contribution in [0.4, 0.5) is 18.9 Å². The molecule has 0 aliphatic heterocycles. The highest BCUT2D eigenvalue weighted by Crippen LogP contribution is 2.38. The average molecular weight is 379 g/mol. The molecular formula is C13H8F3NO7S. The zero-order valence-electron chi connectivity index (χ0n) is 12.2. The molecule has 0 bridgehead atoms. The van der Waals surface area contributed by atoms with Crippen LogP contribution in [-0.2, 0) is 14.9 Å². The minimum absolute atomic E-state index is 0.0425. The smallest absolute Gasteiger partial charge is 0.465 e. The van der Waals surface area contributed by atoms with Gasteiger partial charge in [-0.05, 0) is 29.7 Å². The van der Waals surface area contributed by atoms with Gasteiger partial charge in [-0.2, -0.15) is 21.6 Å². The van der Waals surface area contributed by atoms with Crippen molar-refractivity contribution in [1.29, 1.82) is 0 Å². The van der Waals surface area contributed by atoms with Gasteiger partial charge in [-0.1, -0.05) is 6.07 Å². The van der Waals surface area contributed by atoms with Gasteiger partial charge in [0.1, 0.15) is 0 Å². The van der Waals surface area contributed by atoms with Gasteiger partial charge >= 0.3 is 27.3 Å². The van der Waals surface area contributed by atoms with Crippen LogP contribution in [-0.4, -0.2) is 31.9 Å². The molecule has 0 fully saturated rings. The number of nitro groups is 1. The number of alkyl halides is 3. The summed E-state index contributed by atoms with van der Waals surface area (Å²) in [4.78, 5) is 21.6. The third-order valence-electron chi connectivity index (χ3n) is 3.04. The molecule has 0 amide bonds. The van der Waals surface area contributed by atoms with Crippen LogP contribution in [0.2, 0.25) is 0 Å². The first-order valence-corrected chi connectivity index (χ1v) is 7.69. The maximum Gasteiger partial charge on any atom is 0.534 e. The zero-order valence-corrected chi connectivity index (χ0v) is 13.1. The summed E-state index contributed by atoms with van der Waals surface area (Å²) in [7, 11) is -4.96. The van der Waals surface area contributed by atoms with Crippen LogP contribution in [0.3, 0.4) is 0 Å². The summed E-state index contributed by atoms with van der Waals surface area (Å²) in [5.74, 6) is -1.83. The SMILES string of the molecule is COC(=O)c1ccc2c([N+](=O)[O-])c(OS(=O)(=O)C(F)(F)F)ccc2c1. The summed E-state index contributed by atoms with van der Waals surface area (Å²) in [5, 5.41) is 11.1. The van der Waals surface area contributed by atoms with Gasteiger partial charge in [-0.3, -0.25) is 10.1 Å². The van der Waals surface area contributed by atoms with Crippen molar-refractivity contribution < 1.29 is 40.2 Å². The highest BCUT2D eigenvalue weighted by Gasteiger charge is 2.49. The monoisotopic (exact) mass is 379 g/mol. The second-order valence-corrected chi connectivity index (χ2v) is 6.12. The number of nitrogens with zero attached hydrogens (tertiary/aromatic N) is 1. The minimum atomic E-state index is -6.08. The van der Waals surface area contributed by atoms with Crippen LogP contribution < -0.4 is 4.18 Å². The molecule has 0 aliphatic rings. The van der Waals surface area contributed by atoms with Crippen LogP contribution in [0, 0.1) is 10.1 Å². The topological polar surface area (TPSA) is 113 Å². The molecule has 0 atom stereocenters. The third-order valence-corrected chi connectivity index (χ3v) is 4.01. The Morgan fingerprint density at radius 1 is 1.20 bits per heavy atom. The summed E-state index contributed by atoms with van der Waals surface area (Å²) < 4.78 is 67.8. The number of esters is 1.